The summed E-state index contributed by atoms with van der Waals surface area (Å²) in [7, 11) is 3.28. The molecule has 3 aromatic rings. The van der Waals surface area contributed by atoms with E-state index in [0.717, 1.165) is 11.1 Å². The fraction of sp³-hybridized carbons (Fsp3) is 0.158. The van der Waals surface area contributed by atoms with Crippen LogP contribution < -0.4 is 10.6 Å². The number of nitrogens with zero attached hydrogens (tertiary/aromatic N) is 3. The van der Waals surface area contributed by atoms with Crippen LogP contribution in [0.3, 0.4) is 0 Å². The number of halogens is 1. The van der Waals surface area contributed by atoms with E-state index in [2.05, 4.69) is 20.8 Å². The molecule has 0 fully saturated rings. The number of urea groups is 1. The van der Waals surface area contributed by atoms with E-state index in [1.54, 1.807) is 16.7 Å². The van der Waals surface area contributed by atoms with Gasteiger partial charge in [0.05, 0.1) is 0 Å². The van der Waals surface area contributed by atoms with Crippen LogP contribution >= 0.6 is 23.4 Å². The van der Waals surface area contributed by atoms with Gasteiger partial charge in [0.1, 0.15) is 5.25 Å². The molecule has 3 amide bonds. The van der Waals surface area contributed by atoms with Gasteiger partial charge in [0.25, 0.3) is 0 Å². The smallest absolute Gasteiger partial charge is 0.321 e. The summed E-state index contributed by atoms with van der Waals surface area (Å²) in [5, 5.41) is 13.7. The van der Waals surface area contributed by atoms with E-state index in [0.29, 0.717) is 16.0 Å². The molecule has 28 heavy (non-hydrogen) atoms. The molecule has 0 spiro atoms. The molecular weight excluding hydrogens is 398 g/mol. The van der Waals surface area contributed by atoms with Gasteiger partial charge < -0.3 is 9.88 Å². The van der Waals surface area contributed by atoms with E-state index in [1.807, 2.05) is 49.5 Å². The van der Waals surface area contributed by atoms with Gasteiger partial charge >= 0.3 is 6.03 Å². The fourth-order valence-electron chi connectivity index (χ4n) is 2.51. The average molecular weight is 416 g/mol. The van der Waals surface area contributed by atoms with Crippen molar-refractivity contribution < 1.29 is 9.59 Å². The number of hydrogen-bond acceptors (Lipinski definition) is 5. The Balaban J connectivity index is 1.90. The fourth-order valence-corrected chi connectivity index (χ4v) is 3.64. The SMILES string of the molecule is CNC(=O)NC(=O)[C@H](Sc1nnc(-c2ccc(Cl)cc2)n1C)c1ccccc1. The minimum atomic E-state index is -0.667. The molecule has 1 atom stereocenters. The minimum Gasteiger partial charge on any atom is -0.341 e. The zero-order valence-electron chi connectivity index (χ0n) is 15.2. The van der Waals surface area contributed by atoms with Crippen LogP contribution in [0.5, 0.6) is 0 Å². The maximum absolute atomic E-state index is 12.7. The summed E-state index contributed by atoms with van der Waals surface area (Å²) in [6.45, 7) is 0. The molecule has 3 rings (SSSR count). The highest BCUT2D eigenvalue weighted by Crippen LogP contribution is 2.35. The normalized spacial score (nSPS) is 11.7. The van der Waals surface area contributed by atoms with Crippen molar-refractivity contribution in [2.45, 2.75) is 10.4 Å². The average Bonchev–Trinajstić information content (AvgIpc) is 3.07. The molecule has 2 N–H and O–H groups in total. The quantitative estimate of drug-likeness (QED) is 0.623. The van der Waals surface area contributed by atoms with Gasteiger partial charge in [-0.15, -0.1) is 10.2 Å². The zero-order valence-corrected chi connectivity index (χ0v) is 16.8. The first-order valence-corrected chi connectivity index (χ1v) is 9.65. The Kier molecular flexibility index (Phi) is 6.33. The molecule has 2 aromatic carbocycles. The van der Waals surface area contributed by atoms with E-state index in [1.165, 1.54) is 18.8 Å². The number of rotatable bonds is 5. The number of thioether (sulfide) groups is 1. The van der Waals surface area contributed by atoms with Crippen LogP contribution in [-0.2, 0) is 11.8 Å². The van der Waals surface area contributed by atoms with Crippen LogP contribution in [0.4, 0.5) is 4.79 Å². The van der Waals surface area contributed by atoms with Gasteiger partial charge in [-0.05, 0) is 29.8 Å². The third-order valence-corrected chi connectivity index (χ3v) is 5.51. The third-order valence-electron chi connectivity index (χ3n) is 3.96. The summed E-state index contributed by atoms with van der Waals surface area (Å²) in [5.41, 5.74) is 1.61. The lowest BCUT2D eigenvalue weighted by Gasteiger charge is -2.15. The Morgan fingerprint density at radius 2 is 1.75 bits per heavy atom. The Hall–Kier alpha value is -2.84. The standard InChI is InChI=1S/C19H18ClN5O2S/c1-21-18(27)22-17(26)15(12-6-4-3-5-7-12)28-19-24-23-16(25(19)2)13-8-10-14(20)11-9-13/h3-11,15H,1-2H3,(H2,21,22,26,27)/t15-/m1/s1. The molecule has 0 saturated carbocycles. The van der Waals surface area contributed by atoms with Crippen molar-refractivity contribution in [3.63, 3.8) is 0 Å². The summed E-state index contributed by atoms with van der Waals surface area (Å²) in [4.78, 5) is 24.3. The second-order valence-electron chi connectivity index (χ2n) is 5.85. The van der Waals surface area contributed by atoms with Crippen LogP contribution in [0.2, 0.25) is 5.02 Å². The number of nitrogens with one attached hydrogen (secondary N) is 2. The van der Waals surface area contributed by atoms with Gasteiger partial charge in [0.2, 0.25) is 5.91 Å². The molecule has 0 aliphatic rings. The molecule has 0 saturated heterocycles. The monoisotopic (exact) mass is 415 g/mol. The molecular formula is C19H18ClN5O2S. The van der Waals surface area contributed by atoms with Gasteiger partial charge in [0.15, 0.2) is 11.0 Å². The van der Waals surface area contributed by atoms with Crippen LogP contribution in [0.1, 0.15) is 10.8 Å². The van der Waals surface area contributed by atoms with Gasteiger partial charge in [-0.1, -0.05) is 53.7 Å². The van der Waals surface area contributed by atoms with Gasteiger partial charge in [0, 0.05) is 24.7 Å². The topological polar surface area (TPSA) is 88.9 Å². The highest BCUT2D eigenvalue weighted by molar-refractivity contribution is 8.00. The first kappa shape index (κ1) is 19.9. The molecule has 0 aliphatic heterocycles. The highest BCUT2D eigenvalue weighted by Gasteiger charge is 2.26. The van der Waals surface area contributed by atoms with Crippen LogP contribution in [0.25, 0.3) is 11.4 Å². The lowest BCUT2D eigenvalue weighted by molar-refractivity contribution is -0.119. The second-order valence-corrected chi connectivity index (χ2v) is 7.36. The zero-order chi connectivity index (χ0) is 20.1. The van der Waals surface area contributed by atoms with E-state index in [-0.39, 0.29) is 0 Å². The van der Waals surface area contributed by atoms with Gasteiger partial charge in [-0.3, -0.25) is 10.1 Å². The molecule has 7 nitrogen and oxygen atoms in total. The number of benzene rings is 2. The van der Waals surface area contributed by atoms with Gasteiger partial charge in [-0.25, -0.2) is 4.79 Å². The van der Waals surface area contributed by atoms with Crippen molar-refractivity contribution in [3.8, 4) is 11.4 Å². The Bertz CT molecular complexity index is 976. The Labute approximate surface area is 171 Å². The predicted octanol–water partition coefficient (Wildman–Crippen LogP) is 3.42. The molecule has 0 aliphatic carbocycles. The molecule has 1 aromatic heterocycles. The number of carbonyl (C=O) groups excluding carboxylic acids is 2. The molecule has 144 valence electrons. The highest BCUT2D eigenvalue weighted by atomic mass is 35.5. The number of imide groups is 1. The first-order chi connectivity index (χ1) is 13.5. The van der Waals surface area contributed by atoms with E-state index >= 15 is 0 Å². The number of amides is 3. The van der Waals surface area contributed by atoms with Crippen molar-refractivity contribution in [2.24, 2.45) is 7.05 Å². The van der Waals surface area contributed by atoms with Crippen molar-refractivity contribution >= 4 is 35.3 Å². The largest absolute Gasteiger partial charge is 0.341 e. The summed E-state index contributed by atoms with van der Waals surface area (Å²) in [5.74, 6) is 0.212. The number of aromatic nitrogens is 3. The number of hydrogen-bond donors (Lipinski definition) is 2. The molecule has 0 radical (unpaired) electrons. The molecule has 0 unspecified atom stereocenters. The van der Waals surface area contributed by atoms with Crippen LogP contribution in [0.15, 0.2) is 59.8 Å². The van der Waals surface area contributed by atoms with E-state index in [4.69, 9.17) is 11.6 Å². The minimum absolute atomic E-state index is 0.438. The summed E-state index contributed by atoms with van der Waals surface area (Å²) >= 11 is 7.16. The lowest BCUT2D eigenvalue weighted by atomic mass is 10.1. The lowest BCUT2D eigenvalue weighted by Crippen LogP contribution is -2.39. The molecule has 9 heteroatoms. The summed E-state index contributed by atoms with van der Waals surface area (Å²) in [6, 6.07) is 15.9. The summed E-state index contributed by atoms with van der Waals surface area (Å²) < 4.78 is 1.80. The van der Waals surface area contributed by atoms with Crippen molar-refractivity contribution in [1.29, 1.82) is 0 Å². The van der Waals surface area contributed by atoms with Crippen molar-refractivity contribution in [1.82, 2.24) is 25.4 Å². The van der Waals surface area contributed by atoms with Crippen molar-refractivity contribution in [2.75, 3.05) is 7.05 Å². The first-order valence-electron chi connectivity index (χ1n) is 8.39. The summed E-state index contributed by atoms with van der Waals surface area (Å²) in [6.07, 6.45) is 0. The Morgan fingerprint density at radius 3 is 2.39 bits per heavy atom. The third kappa shape index (κ3) is 4.52. The van der Waals surface area contributed by atoms with Crippen LogP contribution in [0, 0.1) is 0 Å². The number of carbonyl (C=O) groups is 2. The molecule has 0 bridgehead atoms. The van der Waals surface area contributed by atoms with E-state index in [9.17, 15) is 9.59 Å². The van der Waals surface area contributed by atoms with Crippen molar-refractivity contribution in [3.05, 3.63) is 65.2 Å². The second kappa shape index (κ2) is 8.90. The van der Waals surface area contributed by atoms with E-state index < -0.39 is 17.2 Å². The Morgan fingerprint density at radius 1 is 1.07 bits per heavy atom. The predicted molar refractivity (Wildman–Crippen MR) is 109 cm³/mol. The van der Waals surface area contributed by atoms with Crippen LogP contribution in [-0.4, -0.2) is 33.8 Å². The maximum atomic E-state index is 12.7. The maximum Gasteiger partial charge on any atom is 0.321 e. The molecule has 1 heterocycles. The van der Waals surface area contributed by atoms with Gasteiger partial charge in [-0.2, -0.15) is 0 Å².